The number of piperazine rings is 1. The van der Waals surface area contributed by atoms with Crippen molar-refractivity contribution >= 4 is 17.8 Å². The third-order valence-electron chi connectivity index (χ3n) is 6.46. The van der Waals surface area contributed by atoms with Gasteiger partial charge in [0.25, 0.3) is 11.8 Å². The minimum atomic E-state index is -4.49. The van der Waals surface area contributed by atoms with Crippen molar-refractivity contribution in [3.05, 3.63) is 94.1 Å². The van der Waals surface area contributed by atoms with Crippen LogP contribution in [0.15, 0.2) is 54.6 Å². The highest BCUT2D eigenvalue weighted by atomic mass is 19.4. The lowest BCUT2D eigenvalue weighted by molar-refractivity contribution is -0.137. The Morgan fingerprint density at radius 2 is 1.62 bits per heavy atom. The van der Waals surface area contributed by atoms with E-state index >= 15 is 0 Å². The first-order chi connectivity index (χ1) is 18.5. The molecule has 0 bridgehead atoms. The number of hydrogen-bond acceptors (Lipinski definition) is 6. The number of nitrogens with zero attached hydrogens (tertiary/aromatic N) is 4. The van der Waals surface area contributed by atoms with Gasteiger partial charge in [-0.3, -0.25) is 9.59 Å². The van der Waals surface area contributed by atoms with Crippen molar-refractivity contribution in [1.82, 2.24) is 19.8 Å². The van der Waals surface area contributed by atoms with E-state index in [0.717, 1.165) is 29.8 Å². The molecule has 1 aromatic heterocycles. The molecule has 204 valence electrons. The molecule has 1 unspecified atom stereocenters. The highest BCUT2D eigenvalue weighted by Crippen LogP contribution is 2.29. The molecular formula is C28H27F3N4O4. The van der Waals surface area contributed by atoms with Gasteiger partial charge in [0.1, 0.15) is 23.7 Å². The first kappa shape index (κ1) is 27.7. The van der Waals surface area contributed by atoms with Gasteiger partial charge < -0.3 is 14.5 Å². The Bertz CT molecular complexity index is 1380. The molecule has 0 aliphatic carbocycles. The lowest BCUT2D eigenvalue weighted by atomic mass is 10.1. The molecule has 0 radical (unpaired) electrons. The first-order valence-electron chi connectivity index (χ1n) is 12.3. The maximum Gasteiger partial charge on any atom is 0.416 e. The van der Waals surface area contributed by atoms with E-state index in [1.807, 2.05) is 30.3 Å². The smallest absolute Gasteiger partial charge is 0.416 e. The van der Waals surface area contributed by atoms with Crippen LogP contribution in [0.25, 0.3) is 0 Å². The molecule has 2 amide bonds. The molecule has 3 aromatic rings. The van der Waals surface area contributed by atoms with Gasteiger partial charge in [-0.2, -0.15) is 13.2 Å². The van der Waals surface area contributed by atoms with Crippen LogP contribution in [0.3, 0.4) is 0 Å². The monoisotopic (exact) mass is 540 g/mol. The average Bonchev–Trinajstić information content (AvgIpc) is 2.90. The van der Waals surface area contributed by atoms with Gasteiger partial charge in [-0.25, -0.2) is 14.8 Å². The lowest BCUT2D eigenvalue weighted by Crippen LogP contribution is -2.55. The predicted molar refractivity (Wildman–Crippen MR) is 135 cm³/mol. The zero-order valence-corrected chi connectivity index (χ0v) is 21.7. The quantitative estimate of drug-likeness (QED) is 0.444. The van der Waals surface area contributed by atoms with Crippen LogP contribution in [0.1, 0.15) is 60.8 Å². The largest absolute Gasteiger partial charge is 0.457 e. The van der Waals surface area contributed by atoms with E-state index in [1.165, 1.54) is 9.80 Å². The molecule has 11 heteroatoms. The number of aryl methyl sites for hydroxylation is 2. The maximum atomic E-state index is 13.5. The number of hydrogen-bond donors (Lipinski definition) is 0. The molecule has 1 fully saturated rings. The number of aromatic nitrogens is 2. The van der Waals surface area contributed by atoms with Gasteiger partial charge in [0.15, 0.2) is 0 Å². The van der Waals surface area contributed by atoms with E-state index in [2.05, 4.69) is 9.97 Å². The summed E-state index contributed by atoms with van der Waals surface area (Å²) in [4.78, 5) is 51.1. The van der Waals surface area contributed by atoms with E-state index in [0.29, 0.717) is 11.5 Å². The first-order valence-corrected chi connectivity index (χ1v) is 12.3. The second kappa shape index (κ2) is 11.2. The number of rotatable bonds is 5. The summed E-state index contributed by atoms with van der Waals surface area (Å²) >= 11 is 0. The molecule has 0 saturated carbocycles. The molecular weight excluding hydrogens is 513 g/mol. The Hall–Kier alpha value is -4.28. The van der Waals surface area contributed by atoms with Crippen LogP contribution in [0.4, 0.5) is 13.2 Å². The van der Waals surface area contributed by atoms with E-state index in [1.54, 1.807) is 20.8 Å². The van der Waals surface area contributed by atoms with Gasteiger partial charge in [-0.15, -0.1) is 0 Å². The van der Waals surface area contributed by atoms with Gasteiger partial charge in [0.05, 0.1) is 11.3 Å². The summed E-state index contributed by atoms with van der Waals surface area (Å²) in [5, 5.41) is 0. The summed E-state index contributed by atoms with van der Waals surface area (Å²) in [7, 11) is 0. The summed E-state index contributed by atoms with van der Waals surface area (Å²) in [6, 6.07) is 12.7. The number of carbonyl (C=O) groups excluding carboxylic acids is 3. The van der Waals surface area contributed by atoms with Crippen molar-refractivity contribution in [1.29, 1.82) is 0 Å². The van der Waals surface area contributed by atoms with E-state index in [4.69, 9.17) is 4.74 Å². The van der Waals surface area contributed by atoms with Crippen LogP contribution in [-0.2, 0) is 17.5 Å². The highest BCUT2D eigenvalue weighted by Gasteiger charge is 2.35. The molecule has 1 atom stereocenters. The topological polar surface area (TPSA) is 92.7 Å². The van der Waals surface area contributed by atoms with Gasteiger partial charge in [0, 0.05) is 31.2 Å². The number of alkyl halides is 3. The summed E-state index contributed by atoms with van der Waals surface area (Å²) in [6.45, 7) is 5.43. The fourth-order valence-corrected chi connectivity index (χ4v) is 4.47. The van der Waals surface area contributed by atoms with E-state index in [9.17, 15) is 27.6 Å². The van der Waals surface area contributed by atoms with Crippen LogP contribution in [0.5, 0.6) is 0 Å². The van der Waals surface area contributed by atoms with Crippen LogP contribution in [0.2, 0.25) is 0 Å². The van der Waals surface area contributed by atoms with Gasteiger partial charge in [0.2, 0.25) is 0 Å². The maximum absolute atomic E-state index is 13.5. The Morgan fingerprint density at radius 1 is 0.949 bits per heavy atom. The lowest BCUT2D eigenvalue weighted by Gasteiger charge is -2.40. The summed E-state index contributed by atoms with van der Waals surface area (Å²) < 4.78 is 44.1. The average molecular weight is 541 g/mol. The minimum absolute atomic E-state index is 0.0163. The highest BCUT2D eigenvalue weighted by molar-refractivity contribution is 6.04. The van der Waals surface area contributed by atoms with E-state index < -0.39 is 35.6 Å². The Kier molecular flexibility index (Phi) is 7.98. The van der Waals surface area contributed by atoms with Gasteiger partial charge in [-0.05, 0) is 50.6 Å². The van der Waals surface area contributed by atoms with Gasteiger partial charge in [-0.1, -0.05) is 30.3 Å². The molecule has 39 heavy (non-hydrogen) atoms. The van der Waals surface area contributed by atoms with Crippen LogP contribution in [-0.4, -0.2) is 63.2 Å². The second-order valence-corrected chi connectivity index (χ2v) is 9.32. The molecule has 0 spiro atoms. The summed E-state index contributed by atoms with van der Waals surface area (Å²) in [5.41, 5.74) is 0.293. The van der Waals surface area contributed by atoms with Crippen molar-refractivity contribution in [3.63, 3.8) is 0 Å². The van der Waals surface area contributed by atoms with Crippen molar-refractivity contribution in [2.45, 2.75) is 39.6 Å². The molecule has 4 rings (SSSR count). The summed E-state index contributed by atoms with van der Waals surface area (Å²) in [6.07, 6.45) is -4.49. The molecule has 2 aromatic carbocycles. The van der Waals surface area contributed by atoms with Crippen molar-refractivity contribution < 1.29 is 32.3 Å². The SMILES string of the molecule is Cc1nc(C)c(C(=O)OCc2ccccc2)c(C(=O)N2CCN(C(=O)c3ccc(C(F)(F)F)cc3)C(C)C2)n1. The van der Waals surface area contributed by atoms with Crippen LogP contribution < -0.4 is 0 Å². The number of halogens is 3. The number of carbonyl (C=O) groups is 3. The molecule has 8 nitrogen and oxygen atoms in total. The molecule has 1 aliphatic rings. The fraction of sp³-hybridized carbons (Fsp3) is 0.321. The fourth-order valence-electron chi connectivity index (χ4n) is 4.47. The van der Waals surface area contributed by atoms with E-state index in [-0.39, 0.29) is 43.1 Å². The zero-order valence-electron chi connectivity index (χ0n) is 21.7. The van der Waals surface area contributed by atoms with Gasteiger partial charge >= 0.3 is 12.1 Å². The van der Waals surface area contributed by atoms with Crippen molar-refractivity contribution in [2.75, 3.05) is 19.6 Å². The number of benzene rings is 2. The normalized spacial score (nSPS) is 15.7. The van der Waals surface area contributed by atoms with Crippen molar-refractivity contribution in [3.8, 4) is 0 Å². The van der Waals surface area contributed by atoms with Crippen LogP contribution >= 0.6 is 0 Å². The predicted octanol–water partition coefficient (Wildman–Crippen LogP) is 4.46. The third-order valence-corrected chi connectivity index (χ3v) is 6.46. The number of esters is 1. The van der Waals surface area contributed by atoms with Crippen molar-refractivity contribution in [2.24, 2.45) is 0 Å². The third kappa shape index (κ3) is 6.24. The Labute approximate surface area is 223 Å². The number of amides is 2. The molecule has 1 saturated heterocycles. The zero-order chi connectivity index (χ0) is 28.3. The Morgan fingerprint density at radius 3 is 2.23 bits per heavy atom. The molecule has 0 N–H and O–H groups in total. The Balaban J connectivity index is 1.48. The number of ether oxygens (including phenoxy) is 1. The summed E-state index contributed by atoms with van der Waals surface area (Å²) in [5.74, 6) is -1.32. The molecule has 1 aliphatic heterocycles. The minimum Gasteiger partial charge on any atom is -0.457 e. The van der Waals surface area contributed by atoms with Crippen LogP contribution in [0, 0.1) is 13.8 Å². The second-order valence-electron chi connectivity index (χ2n) is 9.32. The molecule has 2 heterocycles. The standard InChI is InChI=1S/C28H27F3N4O4/c1-17-15-34(13-14-35(17)25(36)21-9-11-22(12-10-21)28(29,30)31)26(37)24-23(18(2)32-19(3)33-24)27(38)39-16-20-7-5-4-6-8-20/h4-12,17H,13-16H2,1-3H3.